The monoisotopic (exact) mass is 553 g/mol. The third-order valence-corrected chi connectivity index (χ3v) is 7.45. The van der Waals surface area contributed by atoms with E-state index in [1.54, 1.807) is 6.07 Å². The van der Waals surface area contributed by atoms with Gasteiger partial charge in [0.2, 0.25) is 11.8 Å². The van der Waals surface area contributed by atoms with Gasteiger partial charge in [-0.3, -0.25) is 24.2 Å². The number of halogens is 1. The highest BCUT2D eigenvalue weighted by Crippen LogP contribution is 2.24. The van der Waals surface area contributed by atoms with Crippen LogP contribution in [0.15, 0.2) is 36.7 Å². The van der Waals surface area contributed by atoms with Gasteiger partial charge in [0.25, 0.3) is 11.8 Å². The van der Waals surface area contributed by atoms with Crippen molar-refractivity contribution in [1.29, 1.82) is 0 Å². The number of nitrogens with zero attached hydrogens (tertiary/aromatic N) is 3. The van der Waals surface area contributed by atoms with Crippen molar-refractivity contribution in [2.24, 2.45) is 5.92 Å². The highest BCUT2D eigenvalue weighted by molar-refractivity contribution is 5.99. The standard InChI is InChI=1S/C29H36FN5O5/c1-18(2)23-16-34(28(38)20-10-12-31-15-25(20)40-3)17-26(36)32-11-4-6-19-8-9-22(30)21(14-19)29(39)35-13-5-7-24(35)27(37)33-23/h8-10,12,14-15,18,23-24H,4-7,11,13,16-17H2,1-3H3,(H,32,36)(H,33,37)/t23-,24-/m0/s1. The topological polar surface area (TPSA) is 121 Å². The van der Waals surface area contributed by atoms with Gasteiger partial charge in [0.05, 0.1) is 31.0 Å². The average Bonchev–Trinajstić information content (AvgIpc) is 3.44. The minimum atomic E-state index is -0.764. The zero-order valence-electron chi connectivity index (χ0n) is 23.1. The van der Waals surface area contributed by atoms with Gasteiger partial charge in [-0.15, -0.1) is 0 Å². The lowest BCUT2D eigenvalue weighted by Gasteiger charge is -2.32. The van der Waals surface area contributed by atoms with Crippen molar-refractivity contribution in [2.45, 2.75) is 51.6 Å². The molecule has 1 aromatic carbocycles. The van der Waals surface area contributed by atoms with Gasteiger partial charge in [0, 0.05) is 31.9 Å². The fourth-order valence-electron chi connectivity index (χ4n) is 5.13. The number of ether oxygens (including phenoxy) is 1. The second-order valence-electron chi connectivity index (χ2n) is 10.5. The maximum atomic E-state index is 14.7. The van der Waals surface area contributed by atoms with Crippen LogP contribution in [0.5, 0.6) is 5.75 Å². The summed E-state index contributed by atoms with van der Waals surface area (Å²) in [6.45, 7) is 4.31. The molecule has 1 fully saturated rings. The molecule has 10 nitrogen and oxygen atoms in total. The highest BCUT2D eigenvalue weighted by Gasteiger charge is 2.37. The van der Waals surface area contributed by atoms with Crippen molar-refractivity contribution < 1.29 is 28.3 Å². The predicted molar refractivity (Wildman–Crippen MR) is 145 cm³/mol. The van der Waals surface area contributed by atoms with E-state index in [2.05, 4.69) is 15.6 Å². The zero-order chi connectivity index (χ0) is 28.8. The number of carbonyl (C=O) groups is 4. The first kappa shape index (κ1) is 29.0. The number of hydrogen-bond acceptors (Lipinski definition) is 6. The molecule has 3 heterocycles. The summed E-state index contributed by atoms with van der Waals surface area (Å²) in [6, 6.07) is 4.66. The first-order valence-corrected chi connectivity index (χ1v) is 13.6. The number of aromatic nitrogens is 1. The average molecular weight is 554 g/mol. The Balaban J connectivity index is 1.67. The van der Waals surface area contributed by atoms with Crippen LogP contribution < -0.4 is 15.4 Å². The fourth-order valence-corrected chi connectivity index (χ4v) is 5.13. The van der Waals surface area contributed by atoms with Crippen molar-refractivity contribution in [3.63, 3.8) is 0 Å². The summed E-state index contributed by atoms with van der Waals surface area (Å²) >= 11 is 0. The maximum Gasteiger partial charge on any atom is 0.258 e. The third kappa shape index (κ3) is 6.57. The lowest BCUT2D eigenvalue weighted by molar-refractivity contribution is -0.126. The van der Waals surface area contributed by atoms with Gasteiger partial charge in [-0.05, 0) is 55.4 Å². The van der Waals surface area contributed by atoms with Gasteiger partial charge in [-0.2, -0.15) is 0 Å². The van der Waals surface area contributed by atoms with Gasteiger partial charge >= 0.3 is 0 Å². The Labute approximate surface area is 233 Å². The summed E-state index contributed by atoms with van der Waals surface area (Å²) < 4.78 is 20.1. The summed E-state index contributed by atoms with van der Waals surface area (Å²) in [7, 11) is 1.44. The van der Waals surface area contributed by atoms with Crippen LogP contribution >= 0.6 is 0 Å². The van der Waals surface area contributed by atoms with E-state index in [0.29, 0.717) is 38.8 Å². The molecular weight excluding hydrogens is 517 g/mol. The Morgan fingerprint density at radius 3 is 2.73 bits per heavy atom. The van der Waals surface area contributed by atoms with E-state index in [4.69, 9.17) is 4.74 Å². The maximum absolute atomic E-state index is 14.7. The molecule has 4 amide bonds. The van der Waals surface area contributed by atoms with Crippen LogP contribution in [0, 0.1) is 11.7 Å². The zero-order valence-corrected chi connectivity index (χ0v) is 23.1. The van der Waals surface area contributed by atoms with Crippen molar-refractivity contribution in [3.8, 4) is 5.75 Å². The molecule has 0 unspecified atom stereocenters. The molecule has 2 N–H and O–H groups in total. The van der Waals surface area contributed by atoms with Crippen LogP contribution in [0.4, 0.5) is 4.39 Å². The molecule has 4 rings (SSSR count). The van der Waals surface area contributed by atoms with Crippen molar-refractivity contribution >= 4 is 23.6 Å². The van der Waals surface area contributed by atoms with Crippen molar-refractivity contribution in [2.75, 3.05) is 33.3 Å². The highest BCUT2D eigenvalue weighted by atomic mass is 19.1. The molecule has 2 bridgehead atoms. The van der Waals surface area contributed by atoms with Crippen molar-refractivity contribution in [1.82, 2.24) is 25.4 Å². The number of amides is 4. The van der Waals surface area contributed by atoms with E-state index in [9.17, 15) is 23.6 Å². The van der Waals surface area contributed by atoms with E-state index < -0.39 is 29.7 Å². The van der Waals surface area contributed by atoms with E-state index >= 15 is 0 Å². The molecule has 11 heteroatoms. The molecule has 0 radical (unpaired) electrons. The summed E-state index contributed by atoms with van der Waals surface area (Å²) in [5.74, 6) is -2.14. The van der Waals surface area contributed by atoms with Gasteiger partial charge in [-0.1, -0.05) is 19.9 Å². The number of pyridine rings is 1. The number of benzene rings is 1. The molecule has 2 aromatic rings. The molecule has 2 aliphatic rings. The Kier molecular flexibility index (Phi) is 9.34. The van der Waals surface area contributed by atoms with Gasteiger partial charge in [0.15, 0.2) is 0 Å². The number of aryl methyl sites for hydroxylation is 1. The molecule has 0 aliphatic carbocycles. The summed E-state index contributed by atoms with van der Waals surface area (Å²) in [4.78, 5) is 60.4. The Morgan fingerprint density at radius 1 is 1.18 bits per heavy atom. The molecule has 2 aliphatic heterocycles. The van der Waals surface area contributed by atoms with Crippen LogP contribution in [0.3, 0.4) is 0 Å². The molecular formula is C29H36FN5O5. The summed E-state index contributed by atoms with van der Waals surface area (Å²) in [5.41, 5.74) is 0.942. The first-order valence-electron chi connectivity index (χ1n) is 13.6. The lowest BCUT2D eigenvalue weighted by Crippen LogP contribution is -2.54. The minimum Gasteiger partial charge on any atom is -0.494 e. The summed E-state index contributed by atoms with van der Waals surface area (Å²) in [6.07, 6.45) is 5.03. The third-order valence-electron chi connectivity index (χ3n) is 7.45. The number of nitrogens with one attached hydrogen (secondary N) is 2. The molecule has 40 heavy (non-hydrogen) atoms. The molecule has 0 saturated carbocycles. The normalized spacial score (nSPS) is 21.0. The molecule has 1 saturated heterocycles. The Morgan fingerprint density at radius 2 is 1.98 bits per heavy atom. The minimum absolute atomic E-state index is 0.0528. The number of methoxy groups -OCH3 is 1. The largest absolute Gasteiger partial charge is 0.494 e. The summed E-state index contributed by atoms with van der Waals surface area (Å²) in [5, 5.41) is 5.85. The lowest BCUT2D eigenvalue weighted by atomic mass is 10.0. The quantitative estimate of drug-likeness (QED) is 0.601. The van der Waals surface area contributed by atoms with Crippen LogP contribution in [-0.4, -0.2) is 83.8 Å². The van der Waals surface area contributed by atoms with E-state index in [0.717, 1.165) is 5.56 Å². The Bertz CT molecular complexity index is 1270. The van der Waals surface area contributed by atoms with Crippen LogP contribution in [0.2, 0.25) is 0 Å². The van der Waals surface area contributed by atoms with Crippen molar-refractivity contribution in [3.05, 3.63) is 59.2 Å². The van der Waals surface area contributed by atoms with Crippen LogP contribution in [-0.2, 0) is 16.0 Å². The molecule has 1 aromatic heterocycles. The molecule has 0 spiro atoms. The van der Waals surface area contributed by atoms with Gasteiger partial charge < -0.3 is 25.2 Å². The molecule has 214 valence electrons. The second kappa shape index (κ2) is 12.9. The molecule has 2 atom stereocenters. The van der Waals surface area contributed by atoms with Gasteiger partial charge in [-0.25, -0.2) is 4.39 Å². The number of fused-ring (bicyclic) bond motifs is 3. The second-order valence-corrected chi connectivity index (χ2v) is 10.5. The van der Waals surface area contributed by atoms with E-state index in [-0.39, 0.29) is 47.7 Å². The smallest absolute Gasteiger partial charge is 0.258 e. The SMILES string of the molecule is COc1cnccc1C(=O)N1CC(=O)NCCCc2ccc(F)c(c2)C(=O)N2CCC[C@H]2C(=O)N[C@H](C(C)C)C1. The Hall–Kier alpha value is -4.02. The number of rotatable bonds is 3. The first-order chi connectivity index (χ1) is 19.2. The van der Waals surface area contributed by atoms with Crippen LogP contribution in [0.1, 0.15) is 59.4 Å². The number of hydrogen-bond donors (Lipinski definition) is 2. The predicted octanol–water partition coefficient (Wildman–Crippen LogP) is 2.18. The van der Waals surface area contributed by atoms with E-state index in [1.165, 1.54) is 47.5 Å². The fraction of sp³-hybridized carbons (Fsp3) is 0.483. The van der Waals surface area contributed by atoms with Gasteiger partial charge in [0.1, 0.15) is 17.6 Å². The van der Waals surface area contributed by atoms with Crippen LogP contribution in [0.25, 0.3) is 0 Å². The van der Waals surface area contributed by atoms with E-state index in [1.807, 2.05) is 13.8 Å². The number of carbonyl (C=O) groups excluding carboxylic acids is 4.